The molecule has 3 rings (SSSR count). The van der Waals surface area contributed by atoms with E-state index in [1.807, 2.05) is 0 Å². The molecule has 1 saturated heterocycles. The number of carbonyl (C=O) groups is 1. The van der Waals surface area contributed by atoms with Crippen molar-refractivity contribution in [3.05, 3.63) is 42.1 Å². The number of carboxylic acids is 1. The van der Waals surface area contributed by atoms with Crippen LogP contribution in [0.1, 0.15) is 19.3 Å². The van der Waals surface area contributed by atoms with Gasteiger partial charge in [-0.2, -0.15) is 0 Å². The minimum absolute atomic E-state index is 0.0948. The molecule has 1 unspecified atom stereocenters. The van der Waals surface area contributed by atoms with Crippen LogP contribution in [-0.2, 0) is 9.53 Å². The summed E-state index contributed by atoms with van der Waals surface area (Å²) in [6.45, 7) is 0.953. The lowest BCUT2D eigenvalue weighted by Crippen LogP contribution is -2.17. The maximum atomic E-state index is 14.4. The van der Waals surface area contributed by atoms with Crippen LogP contribution in [0.5, 0.6) is 11.6 Å². The molecule has 1 aromatic heterocycles. The fraction of sp³-hybridized carbons (Fsp3) is 0.368. The van der Waals surface area contributed by atoms with E-state index in [2.05, 4.69) is 4.98 Å². The van der Waals surface area contributed by atoms with E-state index >= 15 is 0 Å². The number of benzene rings is 1. The Bertz CT molecular complexity index is 785. The van der Waals surface area contributed by atoms with Crippen molar-refractivity contribution >= 4 is 5.97 Å². The van der Waals surface area contributed by atoms with E-state index in [9.17, 15) is 13.6 Å². The van der Waals surface area contributed by atoms with E-state index < -0.39 is 23.4 Å². The minimum Gasteiger partial charge on any atom is -0.488 e. The van der Waals surface area contributed by atoms with Crippen molar-refractivity contribution < 1.29 is 32.9 Å². The van der Waals surface area contributed by atoms with Crippen LogP contribution in [0.15, 0.2) is 30.5 Å². The first kappa shape index (κ1) is 19.0. The summed E-state index contributed by atoms with van der Waals surface area (Å²) >= 11 is 0. The van der Waals surface area contributed by atoms with Gasteiger partial charge in [-0.3, -0.25) is 4.79 Å². The first-order chi connectivity index (χ1) is 13.0. The molecule has 1 N–H and O–H groups in total. The number of carboxylic acid groups (broad SMARTS) is 1. The van der Waals surface area contributed by atoms with E-state index in [4.69, 9.17) is 19.3 Å². The SMILES string of the molecule is O=C(O)CCCOc1c(F)cc(-c2cccnc2OC2CCOC2)cc1F. The number of halogens is 2. The van der Waals surface area contributed by atoms with Crippen LogP contribution in [0, 0.1) is 11.6 Å². The molecule has 0 aliphatic carbocycles. The molecule has 1 aromatic carbocycles. The van der Waals surface area contributed by atoms with Gasteiger partial charge < -0.3 is 19.3 Å². The molecular formula is C19H19F2NO5. The lowest BCUT2D eigenvalue weighted by atomic mass is 10.1. The molecule has 0 saturated carbocycles. The quantitative estimate of drug-likeness (QED) is 0.708. The van der Waals surface area contributed by atoms with E-state index in [0.29, 0.717) is 18.8 Å². The minimum atomic E-state index is -0.994. The van der Waals surface area contributed by atoms with Crippen molar-refractivity contribution in [2.45, 2.75) is 25.4 Å². The second-order valence-electron chi connectivity index (χ2n) is 6.07. The van der Waals surface area contributed by atoms with Gasteiger partial charge in [0.15, 0.2) is 17.4 Å². The Morgan fingerprint density at radius 1 is 1.33 bits per heavy atom. The van der Waals surface area contributed by atoms with Gasteiger partial charge in [-0.1, -0.05) is 0 Å². The maximum Gasteiger partial charge on any atom is 0.303 e. The molecule has 6 nitrogen and oxygen atoms in total. The van der Waals surface area contributed by atoms with Crippen LogP contribution in [0.25, 0.3) is 11.1 Å². The zero-order valence-electron chi connectivity index (χ0n) is 14.5. The molecule has 1 fully saturated rings. The Morgan fingerprint density at radius 2 is 2.11 bits per heavy atom. The molecule has 1 atom stereocenters. The standard InChI is InChI=1S/C19H19F2NO5/c20-15-9-12(10-16(21)18(15)26-7-2-4-17(23)24)14-3-1-6-22-19(14)27-13-5-8-25-11-13/h1,3,6,9-10,13H,2,4-5,7-8,11H2,(H,23,24). The Kier molecular flexibility index (Phi) is 6.18. The molecule has 0 spiro atoms. The van der Waals surface area contributed by atoms with Crippen molar-refractivity contribution in [2.75, 3.05) is 19.8 Å². The van der Waals surface area contributed by atoms with Crippen molar-refractivity contribution in [3.8, 4) is 22.8 Å². The van der Waals surface area contributed by atoms with Gasteiger partial charge >= 0.3 is 5.97 Å². The van der Waals surface area contributed by atoms with Gasteiger partial charge in [-0.05, 0) is 36.2 Å². The first-order valence-corrected chi connectivity index (χ1v) is 8.58. The third-order valence-corrected chi connectivity index (χ3v) is 4.03. The van der Waals surface area contributed by atoms with Gasteiger partial charge in [-0.25, -0.2) is 13.8 Å². The number of hydrogen-bond acceptors (Lipinski definition) is 5. The van der Waals surface area contributed by atoms with Crippen molar-refractivity contribution in [2.24, 2.45) is 0 Å². The fourth-order valence-electron chi connectivity index (χ4n) is 2.72. The third-order valence-electron chi connectivity index (χ3n) is 4.03. The van der Waals surface area contributed by atoms with E-state index in [1.165, 1.54) is 0 Å². The number of rotatable bonds is 8. The lowest BCUT2D eigenvalue weighted by molar-refractivity contribution is -0.137. The van der Waals surface area contributed by atoms with Crippen LogP contribution in [0.2, 0.25) is 0 Å². The number of pyridine rings is 1. The number of nitrogens with zero attached hydrogens (tertiary/aromatic N) is 1. The molecule has 0 radical (unpaired) electrons. The van der Waals surface area contributed by atoms with Crippen LogP contribution >= 0.6 is 0 Å². The Hall–Kier alpha value is -2.74. The van der Waals surface area contributed by atoms with Gasteiger partial charge in [0.1, 0.15) is 6.10 Å². The summed E-state index contributed by atoms with van der Waals surface area (Å²) in [5, 5.41) is 8.58. The average Bonchev–Trinajstić information content (AvgIpc) is 3.13. The Morgan fingerprint density at radius 3 is 2.78 bits per heavy atom. The maximum absolute atomic E-state index is 14.4. The molecular weight excluding hydrogens is 360 g/mol. The number of ether oxygens (including phenoxy) is 3. The highest BCUT2D eigenvalue weighted by Gasteiger charge is 2.21. The summed E-state index contributed by atoms with van der Waals surface area (Å²) in [6, 6.07) is 5.61. The highest BCUT2D eigenvalue weighted by molar-refractivity contribution is 5.69. The van der Waals surface area contributed by atoms with Gasteiger partial charge in [-0.15, -0.1) is 0 Å². The number of aromatic nitrogens is 1. The van der Waals surface area contributed by atoms with Crippen molar-refractivity contribution in [1.29, 1.82) is 0 Å². The monoisotopic (exact) mass is 379 g/mol. The molecule has 2 aromatic rings. The van der Waals surface area contributed by atoms with Gasteiger partial charge in [0, 0.05) is 24.6 Å². The molecule has 0 bridgehead atoms. The molecule has 1 aliphatic heterocycles. The Balaban J connectivity index is 1.78. The first-order valence-electron chi connectivity index (χ1n) is 8.58. The van der Waals surface area contributed by atoms with Crippen LogP contribution in [0.3, 0.4) is 0 Å². The predicted molar refractivity (Wildman–Crippen MR) is 91.8 cm³/mol. The van der Waals surface area contributed by atoms with E-state index in [1.54, 1.807) is 18.3 Å². The van der Waals surface area contributed by atoms with E-state index in [-0.39, 0.29) is 37.0 Å². The van der Waals surface area contributed by atoms with Gasteiger partial charge in [0.05, 0.1) is 19.8 Å². The summed E-state index contributed by atoms with van der Waals surface area (Å²) < 4.78 is 44.9. The number of hydrogen-bond donors (Lipinski definition) is 1. The van der Waals surface area contributed by atoms with Crippen LogP contribution in [0.4, 0.5) is 8.78 Å². The molecule has 8 heteroatoms. The van der Waals surface area contributed by atoms with Crippen LogP contribution < -0.4 is 9.47 Å². The van der Waals surface area contributed by atoms with Gasteiger partial charge in [0.2, 0.25) is 5.88 Å². The summed E-state index contributed by atoms with van der Waals surface area (Å²) in [6.07, 6.45) is 2.14. The topological polar surface area (TPSA) is 77.9 Å². The molecule has 2 heterocycles. The van der Waals surface area contributed by atoms with Crippen molar-refractivity contribution in [1.82, 2.24) is 4.98 Å². The summed E-state index contributed by atoms with van der Waals surface area (Å²) in [5.74, 6) is -2.99. The molecule has 27 heavy (non-hydrogen) atoms. The highest BCUT2D eigenvalue weighted by Crippen LogP contribution is 2.34. The molecule has 144 valence electrons. The zero-order valence-corrected chi connectivity index (χ0v) is 14.5. The smallest absolute Gasteiger partial charge is 0.303 e. The lowest BCUT2D eigenvalue weighted by Gasteiger charge is -2.15. The summed E-state index contributed by atoms with van der Waals surface area (Å²) in [4.78, 5) is 14.6. The van der Waals surface area contributed by atoms with Gasteiger partial charge in [0.25, 0.3) is 0 Å². The number of aliphatic carboxylic acids is 1. The van der Waals surface area contributed by atoms with Crippen molar-refractivity contribution in [3.63, 3.8) is 0 Å². The van der Waals surface area contributed by atoms with Crippen LogP contribution in [-0.4, -0.2) is 42.0 Å². The summed E-state index contributed by atoms with van der Waals surface area (Å²) in [7, 11) is 0. The average molecular weight is 379 g/mol. The molecule has 0 amide bonds. The van der Waals surface area contributed by atoms with E-state index in [0.717, 1.165) is 18.6 Å². The fourth-order valence-corrected chi connectivity index (χ4v) is 2.72. The third kappa shape index (κ3) is 4.91. The zero-order chi connectivity index (χ0) is 19.2. The highest BCUT2D eigenvalue weighted by atomic mass is 19.1. The largest absolute Gasteiger partial charge is 0.488 e. The summed E-state index contributed by atoms with van der Waals surface area (Å²) in [5.41, 5.74) is 0.726. The Labute approximate surface area is 154 Å². The second kappa shape index (κ2) is 8.77. The second-order valence-corrected chi connectivity index (χ2v) is 6.07. The molecule has 1 aliphatic rings. The normalized spacial score (nSPS) is 16.3. The predicted octanol–water partition coefficient (Wildman–Crippen LogP) is 3.44.